The SMILES string of the molecule is Cc1[nH]c2ccc(F)cc2c1CC(=O)NCC(C)N(C)c1ccccc1. The molecule has 1 atom stereocenters. The lowest BCUT2D eigenvalue weighted by Gasteiger charge is -2.27. The van der Waals surface area contributed by atoms with Crippen molar-refractivity contribution in [3.8, 4) is 0 Å². The number of fused-ring (bicyclic) bond motifs is 1. The van der Waals surface area contributed by atoms with Crippen LogP contribution in [0.5, 0.6) is 0 Å². The van der Waals surface area contributed by atoms with E-state index in [9.17, 15) is 9.18 Å². The van der Waals surface area contributed by atoms with Crippen LogP contribution in [0.15, 0.2) is 48.5 Å². The highest BCUT2D eigenvalue weighted by Gasteiger charge is 2.15. The highest BCUT2D eigenvalue weighted by atomic mass is 19.1. The van der Waals surface area contributed by atoms with E-state index >= 15 is 0 Å². The maximum atomic E-state index is 13.5. The molecule has 1 aromatic heterocycles. The van der Waals surface area contributed by atoms with Gasteiger partial charge in [0.2, 0.25) is 5.91 Å². The first-order chi connectivity index (χ1) is 12.5. The van der Waals surface area contributed by atoms with E-state index in [1.165, 1.54) is 12.1 Å². The molecule has 0 aliphatic rings. The average molecular weight is 353 g/mol. The lowest BCUT2D eigenvalue weighted by molar-refractivity contribution is -0.120. The third-order valence-corrected chi connectivity index (χ3v) is 4.84. The van der Waals surface area contributed by atoms with Gasteiger partial charge in [-0.25, -0.2) is 4.39 Å². The zero-order chi connectivity index (χ0) is 18.7. The van der Waals surface area contributed by atoms with Gasteiger partial charge in [0, 0.05) is 41.9 Å². The standard InChI is InChI=1S/C21H24FN3O/c1-14(25(3)17-7-5-4-6-8-17)13-23-21(26)12-18-15(2)24-20-10-9-16(22)11-19(18)20/h4-11,14,24H,12-13H2,1-3H3,(H,23,26). The minimum Gasteiger partial charge on any atom is -0.370 e. The van der Waals surface area contributed by atoms with E-state index in [-0.39, 0.29) is 24.2 Å². The number of likely N-dealkylation sites (N-methyl/N-ethyl adjacent to an activating group) is 1. The van der Waals surface area contributed by atoms with Gasteiger partial charge < -0.3 is 15.2 Å². The first-order valence-electron chi connectivity index (χ1n) is 8.77. The van der Waals surface area contributed by atoms with Gasteiger partial charge in [-0.05, 0) is 49.7 Å². The third-order valence-electron chi connectivity index (χ3n) is 4.84. The molecule has 1 heterocycles. The van der Waals surface area contributed by atoms with Gasteiger partial charge in [0.15, 0.2) is 0 Å². The Morgan fingerprint density at radius 1 is 1.23 bits per heavy atom. The number of carbonyl (C=O) groups is 1. The van der Waals surface area contributed by atoms with E-state index in [1.807, 2.05) is 44.3 Å². The molecule has 3 aromatic rings. The van der Waals surface area contributed by atoms with E-state index in [0.717, 1.165) is 27.8 Å². The van der Waals surface area contributed by atoms with E-state index in [2.05, 4.69) is 22.1 Å². The molecule has 0 aliphatic carbocycles. The molecule has 2 N–H and O–H groups in total. The third kappa shape index (κ3) is 3.87. The van der Waals surface area contributed by atoms with Crippen LogP contribution in [0.2, 0.25) is 0 Å². The number of anilines is 1. The van der Waals surface area contributed by atoms with E-state index in [0.29, 0.717) is 6.54 Å². The minimum atomic E-state index is -0.295. The monoisotopic (exact) mass is 353 g/mol. The molecular weight excluding hydrogens is 329 g/mol. The Balaban J connectivity index is 1.63. The van der Waals surface area contributed by atoms with E-state index in [1.54, 1.807) is 6.07 Å². The summed E-state index contributed by atoms with van der Waals surface area (Å²) < 4.78 is 13.5. The number of nitrogens with zero attached hydrogens (tertiary/aromatic N) is 1. The van der Waals surface area contributed by atoms with Crippen LogP contribution in [0.3, 0.4) is 0 Å². The smallest absolute Gasteiger partial charge is 0.224 e. The molecule has 0 fully saturated rings. The number of para-hydroxylation sites is 1. The van der Waals surface area contributed by atoms with Crippen molar-refractivity contribution in [1.82, 2.24) is 10.3 Å². The number of nitrogens with one attached hydrogen (secondary N) is 2. The summed E-state index contributed by atoms with van der Waals surface area (Å²) in [7, 11) is 2.01. The molecule has 3 rings (SSSR count). The predicted octanol–water partition coefficient (Wildman–Crippen LogP) is 3.80. The average Bonchev–Trinajstić information content (AvgIpc) is 2.94. The summed E-state index contributed by atoms with van der Waals surface area (Å²) in [6, 6.07) is 14.8. The van der Waals surface area contributed by atoms with Gasteiger partial charge in [-0.3, -0.25) is 4.79 Å². The van der Waals surface area contributed by atoms with Crippen molar-refractivity contribution in [3.05, 3.63) is 65.6 Å². The second-order valence-corrected chi connectivity index (χ2v) is 6.69. The van der Waals surface area contributed by atoms with E-state index < -0.39 is 0 Å². The molecule has 0 spiro atoms. The summed E-state index contributed by atoms with van der Waals surface area (Å²) in [4.78, 5) is 17.8. The quantitative estimate of drug-likeness (QED) is 0.708. The van der Waals surface area contributed by atoms with Crippen molar-refractivity contribution in [2.75, 3.05) is 18.5 Å². The van der Waals surface area contributed by atoms with Crippen molar-refractivity contribution in [2.24, 2.45) is 0 Å². The Morgan fingerprint density at radius 3 is 2.69 bits per heavy atom. The Kier molecular flexibility index (Phi) is 5.26. The number of amides is 1. The second-order valence-electron chi connectivity index (χ2n) is 6.69. The van der Waals surface area contributed by atoms with Gasteiger partial charge in [-0.15, -0.1) is 0 Å². The number of hydrogen-bond donors (Lipinski definition) is 2. The first-order valence-corrected chi connectivity index (χ1v) is 8.77. The molecule has 0 radical (unpaired) electrons. The van der Waals surface area contributed by atoms with Crippen LogP contribution in [0.4, 0.5) is 10.1 Å². The van der Waals surface area contributed by atoms with E-state index in [4.69, 9.17) is 0 Å². The second kappa shape index (κ2) is 7.60. The lowest BCUT2D eigenvalue weighted by atomic mass is 10.1. The number of aryl methyl sites for hydroxylation is 1. The molecule has 1 amide bonds. The molecule has 0 saturated carbocycles. The molecule has 0 saturated heterocycles. The Bertz CT molecular complexity index is 904. The highest BCUT2D eigenvalue weighted by Crippen LogP contribution is 2.23. The predicted molar refractivity (Wildman–Crippen MR) is 104 cm³/mol. The summed E-state index contributed by atoms with van der Waals surface area (Å²) in [5.41, 5.74) is 3.71. The zero-order valence-corrected chi connectivity index (χ0v) is 15.3. The van der Waals surface area contributed by atoms with Crippen LogP contribution in [-0.4, -0.2) is 30.5 Å². The van der Waals surface area contributed by atoms with Gasteiger partial charge in [-0.1, -0.05) is 18.2 Å². The number of halogens is 1. The Hall–Kier alpha value is -2.82. The lowest BCUT2D eigenvalue weighted by Crippen LogP contribution is -2.40. The van der Waals surface area contributed by atoms with Gasteiger partial charge in [0.05, 0.1) is 6.42 Å². The zero-order valence-electron chi connectivity index (χ0n) is 15.3. The minimum absolute atomic E-state index is 0.0634. The summed E-state index contributed by atoms with van der Waals surface area (Å²) in [6.07, 6.45) is 0.233. The number of carbonyl (C=O) groups excluding carboxylic acids is 1. The molecular formula is C21H24FN3O. The van der Waals surface area contributed by atoms with Crippen LogP contribution in [0, 0.1) is 12.7 Å². The molecule has 0 aliphatic heterocycles. The largest absolute Gasteiger partial charge is 0.370 e. The molecule has 26 heavy (non-hydrogen) atoms. The summed E-state index contributed by atoms with van der Waals surface area (Å²) in [5, 5.41) is 3.76. The van der Waals surface area contributed by atoms with Crippen molar-refractivity contribution in [3.63, 3.8) is 0 Å². The van der Waals surface area contributed by atoms with Crippen molar-refractivity contribution >= 4 is 22.5 Å². The molecule has 5 heteroatoms. The molecule has 2 aromatic carbocycles. The highest BCUT2D eigenvalue weighted by molar-refractivity contribution is 5.90. The molecule has 1 unspecified atom stereocenters. The normalized spacial score (nSPS) is 12.2. The van der Waals surface area contributed by atoms with Gasteiger partial charge in [-0.2, -0.15) is 0 Å². The number of aromatic nitrogens is 1. The molecule has 136 valence electrons. The molecule has 4 nitrogen and oxygen atoms in total. The summed E-state index contributed by atoms with van der Waals surface area (Å²) in [5.74, 6) is -0.358. The number of H-pyrrole nitrogens is 1. The maximum absolute atomic E-state index is 13.5. The fourth-order valence-electron chi connectivity index (χ4n) is 3.12. The summed E-state index contributed by atoms with van der Waals surface area (Å²) in [6.45, 7) is 4.52. The number of aromatic amines is 1. The fourth-order valence-corrected chi connectivity index (χ4v) is 3.12. The van der Waals surface area contributed by atoms with Crippen LogP contribution >= 0.6 is 0 Å². The van der Waals surface area contributed by atoms with Gasteiger partial charge >= 0.3 is 0 Å². The van der Waals surface area contributed by atoms with Gasteiger partial charge in [0.25, 0.3) is 0 Å². The number of hydrogen-bond acceptors (Lipinski definition) is 2. The van der Waals surface area contributed by atoms with Crippen molar-refractivity contribution < 1.29 is 9.18 Å². The molecule has 0 bridgehead atoms. The summed E-state index contributed by atoms with van der Waals surface area (Å²) >= 11 is 0. The van der Waals surface area contributed by atoms with Crippen molar-refractivity contribution in [2.45, 2.75) is 26.3 Å². The van der Waals surface area contributed by atoms with Crippen LogP contribution in [0.1, 0.15) is 18.2 Å². The topological polar surface area (TPSA) is 48.1 Å². The van der Waals surface area contributed by atoms with Crippen molar-refractivity contribution in [1.29, 1.82) is 0 Å². The Morgan fingerprint density at radius 2 is 1.96 bits per heavy atom. The fraction of sp³-hybridized carbons (Fsp3) is 0.286. The van der Waals surface area contributed by atoms with Crippen LogP contribution in [-0.2, 0) is 11.2 Å². The van der Waals surface area contributed by atoms with Gasteiger partial charge in [0.1, 0.15) is 5.82 Å². The Labute approximate surface area is 153 Å². The van der Waals surface area contributed by atoms with Crippen LogP contribution in [0.25, 0.3) is 10.9 Å². The maximum Gasteiger partial charge on any atom is 0.224 e. The first kappa shape index (κ1) is 18.0. The number of rotatable bonds is 6. The van der Waals surface area contributed by atoms with Crippen LogP contribution < -0.4 is 10.2 Å². The number of benzene rings is 2.